The van der Waals surface area contributed by atoms with E-state index in [1.54, 1.807) is 12.1 Å². The largest absolute Gasteiger partial charge is 0.487 e. The summed E-state index contributed by atoms with van der Waals surface area (Å²) in [5.74, 6) is 5.69. The van der Waals surface area contributed by atoms with E-state index in [-0.39, 0.29) is 12.4 Å². The number of hydrogen-bond acceptors (Lipinski definition) is 5. The monoisotopic (exact) mass is 312 g/mol. The van der Waals surface area contributed by atoms with E-state index in [9.17, 15) is 4.39 Å². The highest BCUT2D eigenvalue weighted by atomic mass is 79.9. The molecule has 5 nitrogen and oxygen atoms in total. The van der Waals surface area contributed by atoms with Crippen LogP contribution in [0.5, 0.6) is 5.75 Å². The molecule has 2 rings (SSSR count). The SMILES string of the molecule is NNc1cnc(COc2ccc(Br)c(F)c2)cn1. The van der Waals surface area contributed by atoms with E-state index in [0.29, 0.717) is 21.7 Å². The third-order valence-corrected chi connectivity index (χ3v) is 2.77. The molecule has 0 saturated carbocycles. The van der Waals surface area contributed by atoms with Crippen LogP contribution in [0.25, 0.3) is 0 Å². The van der Waals surface area contributed by atoms with Crippen molar-refractivity contribution in [2.75, 3.05) is 5.43 Å². The molecule has 0 aliphatic carbocycles. The Morgan fingerprint density at radius 1 is 1.33 bits per heavy atom. The molecule has 0 bridgehead atoms. The fraction of sp³-hybridized carbons (Fsp3) is 0.0909. The second-order valence-electron chi connectivity index (χ2n) is 3.40. The van der Waals surface area contributed by atoms with Gasteiger partial charge in [0.05, 0.1) is 22.6 Å². The fourth-order valence-electron chi connectivity index (χ4n) is 1.23. The van der Waals surface area contributed by atoms with Crippen molar-refractivity contribution in [2.45, 2.75) is 6.61 Å². The van der Waals surface area contributed by atoms with Gasteiger partial charge in [-0.05, 0) is 28.1 Å². The smallest absolute Gasteiger partial charge is 0.158 e. The number of anilines is 1. The molecule has 0 radical (unpaired) electrons. The Kier molecular flexibility index (Phi) is 4.06. The third-order valence-electron chi connectivity index (χ3n) is 2.13. The molecule has 1 heterocycles. The molecular weight excluding hydrogens is 303 g/mol. The lowest BCUT2D eigenvalue weighted by Gasteiger charge is -2.06. The minimum Gasteiger partial charge on any atom is -0.487 e. The van der Waals surface area contributed by atoms with Gasteiger partial charge in [-0.2, -0.15) is 0 Å². The van der Waals surface area contributed by atoms with Crippen LogP contribution in [0.3, 0.4) is 0 Å². The molecule has 94 valence electrons. The Morgan fingerprint density at radius 2 is 2.17 bits per heavy atom. The first-order valence-electron chi connectivity index (χ1n) is 5.04. The molecule has 0 fully saturated rings. The lowest BCUT2D eigenvalue weighted by molar-refractivity contribution is 0.299. The Bertz CT molecular complexity index is 535. The maximum atomic E-state index is 13.2. The van der Waals surface area contributed by atoms with Crippen molar-refractivity contribution in [3.63, 3.8) is 0 Å². The van der Waals surface area contributed by atoms with Gasteiger partial charge in [0.15, 0.2) is 5.82 Å². The van der Waals surface area contributed by atoms with Gasteiger partial charge in [-0.25, -0.2) is 15.2 Å². The van der Waals surface area contributed by atoms with E-state index in [1.165, 1.54) is 18.5 Å². The van der Waals surface area contributed by atoms with E-state index in [1.807, 2.05) is 0 Å². The number of nitrogens with two attached hydrogens (primary N) is 1. The van der Waals surface area contributed by atoms with Crippen LogP contribution in [-0.2, 0) is 6.61 Å². The van der Waals surface area contributed by atoms with E-state index < -0.39 is 0 Å². The number of rotatable bonds is 4. The molecule has 0 aliphatic rings. The van der Waals surface area contributed by atoms with Gasteiger partial charge in [0, 0.05) is 6.07 Å². The van der Waals surface area contributed by atoms with Crippen molar-refractivity contribution in [3.05, 3.63) is 46.6 Å². The van der Waals surface area contributed by atoms with Crippen LogP contribution in [0, 0.1) is 5.82 Å². The average Bonchev–Trinajstić information content (AvgIpc) is 2.41. The average molecular weight is 313 g/mol. The van der Waals surface area contributed by atoms with Gasteiger partial charge < -0.3 is 10.2 Å². The van der Waals surface area contributed by atoms with Gasteiger partial charge in [0.1, 0.15) is 18.2 Å². The summed E-state index contributed by atoms with van der Waals surface area (Å²) in [7, 11) is 0. The lowest BCUT2D eigenvalue weighted by atomic mass is 10.3. The zero-order valence-corrected chi connectivity index (χ0v) is 10.8. The molecule has 18 heavy (non-hydrogen) atoms. The standard InChI is InChI=1S/C11H10BrFN4O/c12-9-2-1-8(3-10(9)13)18-6-7-4-16-11(17-14)5-15-7/h1-5H,6,14H2,(H,16,17). The van der Waals surface area contributed by atoms with Crippen molar-refractivity contribution in [2.24, 2.45) is 5.84 Å². The zero-order chi connectivity index (χ0) is 13.0. The highest BCUT2D eigenvalue weighted by Gasteiger charge is 2.03. The molecule has 1 aromatic heterocycles. The van der Waals surface area contributed by atoms with Crippen molar-refractivity contribution >= 4 is 21.7 Å². The predicted molar refractivity (Wildman–Crippen MR) is 68.3 cm³/mol. The summed E-state index contributed by atoms with van der Waals surface area (Å²) in [4.78, 5) is 8.05. The lowest BCUT2D eigenvalue weighted by Crippen LogP contribution is -2.09. The second-order valence-corrected chi connectivity index (χ2v) is 4.26. The molecule has 0 unspecified atom stereocenters. The molecule has 0 aliphatic heterocycles. The minimum absolute atomic E-state index is 0.207. The molecule has 0 spiro atoms. The second kappa shape index (κ2) is 5.74. The Balaban J connectivity index is 1.99. The first kappa shape index (κ1) is 12.7. The van der Waals surface area contributed by atoms with E-state index in [2.05, 4.69) is 31.3 Å². The number of ether oxygens (including phenoxy) is 1. The van der Waals surface area contributed by atoms with Gasteiger partial charge in [-0.15, -0.1) is 0 Å². The van der Waals surface area contributed by atoms with Crippen LogP contribution in [0.2, 0.25) is 0 Å². The zero-order valence-electron chi connectivity index (χ0n) is 9.23. The molecule has 3 N–H and O–H groups in total. The first-order chi connectivity index (χ1) is 8.69. The number of halogens is 2. The normalized spacial score (nSPS) is 10.2. The summed E-state index contributed by atoms with van der Waals surface area (Å²) >= 11 is 3.07. The summed E-state index contributed by atoms with van der Waals surface area (Å²) in [5, 5.41) is 0. The highest BCUT2D eigenvalue weighted by Crippen LogP contribution is 2.21. The molecule has 0 atom stereocenters. The number of nitrogens with zero attached hydrogens (tertiary/aromatic N) is 2. The van der Waals surface area contributed by atoms with Crippen LogP contribution in [0.1, 0.15) is 5.69 Å². The van der Waals surface area contributed by atoms with Crippen molar-refractivity contribution in [1.29, 1.82) is 0 Å². The van der Waals surface area contributed by atoms with Gasteiger partial charge in [0.25, 0.3) is 0 Å². The van der Waals surface area contributed by atoms with Gasteiger partial charge in [-0.1, -0.05) is 0 Å². The van der Waals surface area contributed by atoms with E-state index in [0.717, 1.165) is 0 Å². The number of benzene rings is 1. The Labute approximate surface area is 111 Å². The van der Waals surface area contributed by atoms with Gasteiger partial charge >= 0.3 is 0 Å². The van der Waals surface area contributed by atoms with Crippen molar-refractivity contribution < 1.29 is 9.13 Å². The Hall–Kier alpha value is -1.73. The topological polar surface area (TPSA) is 73.1 Å². The fourth-order valence-corrected chi connectivity index (χ4v) is 1.47. The number of nitrogens with one attached hydrogen (secondary N) is 1. The number of nitrogen functional groups attached to an aromatic ring is 1. The predicted octanol–water partition coefficient (Wildman–Crippen LogP) is 2.24. The maximum absolute atomic E-state index is 13.2. The summed E-state index contributed by atoms with van der Waals surface area (Å²) in [5.41, 5.74) is 2.99. The molecule has 2 aromatic rings. The van der Waals surface area contributed by atoms with Crippen LogP contribution >= 0.6 is 15.9 Å². The quantitative estimate of drug-likeness (QED) is 0.669. The number of aromatic nitrogens is 2. The minimum atomic E-state index is -0.374. The van der Waals surface area contributed by atoms with E-state index >= 15 is 0 Å². The van der Waals surface area contributed by atoms with Gasteiger partial charge in [-0.3, -0.25) is 4.98 Å². The Morgan fingerprint density at radius 3 is 2.78 bits per heavy atom. The summed E-state index contributed by atoms with van der Waals surface area (Å²) < 4.78 is 19.0. The van der Waals surface area contributed by atoms with Crippen molar-refractivity contribution in [3.8, 4) is 5.75 Å². The first-order valence-corrected chi connectivity index (χ1v) is 5.83. The van der Waals surface area contributed by atoms with Crippen LogP contribution < -0.4 is 16.0 Å². The summed E-state index contributed by atoms with van der Waals surface area (Å²) in [6.45, 7) is 0.207. The molecule has 0 amide bonds. The summed E-state index contributed by atoms with van der Waals surface area (Å²) in [6.07, 6.45) is 3.02. The highest BCUT2D eigenvalue weighted by molar-refractivity contribution is 9.10. The summed E-state index contributed by atoms with van der Waals surface area (Å²) in [6, 6.07) is 4.54. The van der Waals surface area contributed by atoms with Crippen LogP contribution in [-0.4, -0.2) is 9.97 Å². The van der Waals surface area contributed by atoms with Crippen LogP contribution in [0.4, 0.5) is 10.2 Å². The maximum Gasteiger partial charge on any atom is 0.158 e. The molecule has 7 heteroatoms. The number of hydrazine groups is 1. The third kappa shape index (κ3) is 3.14. The molecule has 1 aromatic carbocycles. The van der Waals surface area contributed by atoms with Gasteiger partial charge in [0.2, 0.25) is 0 Å². The molecular formula is C11H10BrFN4O. The van der Waals surface area contributed by atoms with Crippen LogP contribution in [0.15, 0.2) is 35.1 Å². The molecule has 0 saturated heterocycles. The number of hydrogen-bond donors (Lipinski definition) is 2. The van der Waals surface area contributed by atoms with Crippen molar-refractivity contribution in [1.82, 2.24) is 9.97 Å². The van der Waals surface area contributed by atoms with E-state index in [4.69, 9.17) is 10.6 Å².